The Labute approximate surface area is 149 Å². The molecule has 0 aromatic heterocycles. The summed E-state index contributed by atoms with van der Waals surface area (Å²) in [5.41, 5.74) is 2.22. The lowest BCUT2D eigenvalue weighted by molar-refractivity contribution is -0.139. The maximum atomic E-state index is 10.6. The first-order chi connectivity index (χ1) is 12.2. The number of rotatable bonds is 6. The average molecular weight is 338 g/mol. The molecule has 0 amide bonds. The van der Waals surface area contributed by atoms with E-state index < -0.39 is 6.10 Å². The van der Waals surface area contributed by atoms with E-state index in [0.29, 0.717) is 19.6 Å². The van der Waals surface area contributed by atoms with Crippen molar-refractivity contribution in [2.24, 2.45) is 5.92 Å². The van der Waals surface area contributed by atoms with Crippen molar-refractivity contribution in [1.29, 1.82) is 0 Å². The Kier molecular flexibility index (Phi) is 6.40. The second-order valence-electron chi connectivity index (χ2n) is 6.61. The lowest BCUT2D eigenvalue weighted by Crippen LogP contribution is -2.43. The molecule has 0 bridgehead atoms. The Morgan fingerprint density at radius 3 is 1.92 bits per heavy atom. The van der Waals surface area contributed by atoms with Crippen LogP contribution in [0.5, 0.6) is 0 Å². The molecular weight excluding hydrogens is 312 g/mol. The second-order valence-corrected chi connectivity index (χ2v) is 6.61. The van der Waals surface area contributed by atoms with Crippen molar-refractivity contribution in [3.8, 4) is 0 Å². The van der Waals surface area contributed by atoms with Gasteiger partial charge in [0.2, 0.25) is 0 Å². The molecule has 0 unspecified atom stereocenters. The van der Waals surface area contributed by atoms with Gasteiger partial charge in [0.05, 0.1) is 25.4 Å². The molecular formula is C22H26O3. The van der Waals surface area contributed by atoms with Crippen LogP contribution in [0.2, 0.25) is 0 Å². The summed E-state index contributed by atoms with van der Waals surface area (Å²) in [6.07, 6.45) is 3.64. The van der Waals surface area contributed by atoms with Crippen LogP contribution in [0.15, 0.2) is 72.8 Å². The van der Waals surface area contributed by atoms with Crippen molar-refractivity contribution in [3.05, 3.63) is 83.9 Å². The van der Waals surface area contributed by atoms with E-state index in [2.05, 4.69) is 13.0 Å². The fourth-order valence-electron chi connectivity index (χ4n) is 3.18. The molecule has 2 aromatic rings. The third-order valence-electron chi connectivity index (χ3n) is 4.61. The molecule has 0 saturated heterocycles. The molecule has 132 valence electrons. The Morgan fingerprint density at radius 2 is 1.36 bits per heavy atom. The highest BCUT2D eigenvalue weighted by Gasteiger charge is 2.34. The van der Waals surface area contributed by atoms with E-state index in [1.165, 1.54) is 0 Å². The van der Waals surface area contributed by atoms with Gasteiger partial charge in [-0.05, 0) is 17.5 Å². The Bertz CT molecular complexity index is 653. The summed E-state index contributed by atoms with van der Waals surface area (Å²) < 4.78 is 12.3. The molecule has 1 aliphatic rings. The van der Waals surface area contributed by atoms with E-state index in [4.69, 9.17) is 9.47 Å². The number of benzene rings is 2. The molecule has 0 spiro atoms. The van der Waals surface area contributed by atoms with Gasteiger partial charge in [-0.3, -0.25) is 0 Å². The smallest absolute Gasteiger partial charge is 0.111 e. The average Bonchev–Trinajstić information content (AvgIpc) is 2.78. The van der Waals surface area contributed by atoms with Crippen LogP contribution >= 0.6 is 0 Å². The zero-order valence-electron chi connectivity index (χ0n) is 14.6. The number of hydrogen-bond donors (Lipinski definition) is 1. The maximum absolute atomic E-state index is 10.6. The lowest BCUT2D eigenvalue weighted by atomic mass is 9.98. The standard InChI is InChI=1S/C22H26O3/c1-17-9-8-14-20(23)22(25-16-19-12-6-3-7-13-19)21(17)24-15-18-10-4-2-5-11-18/h2-13,17,20-23H,14-16H2,1H3/t17-,20+,21-,22-/m0/s1. The Balaban J connectivity index is 1.68. The minimum absolute atomic E-state index is 0.182. The number of aliphatic hydroxyl groups is 1. The molecule has 1 N–H and O–H groups in total. The predicted octanol–water partition coefficient (Wildman–Crippen LogP) is 4.11. The molecule has 3 rings (SSSR count). The molecule has 1 aliphatic carbocycles. The summed E-state index contributed by atoms with van der Waals surface area (Å²) in [5.74, 6) is 0.182. The van der Waals surface area contributed by atoms with Crippen molar-refractivity contribution in [2.75, 3.05) is 0 Å². The van der Waals surface area contributed by atoms with Crippen LogP contribution in [0.4, 0.5) is 0 Å². The summed E-state index contributed by atoms with van der Waals surface area (Å²) in [7, 11) is 0. The molecule has 0 fully saturated rings. The van der Waals surface area contributed by atoms with Gasteiger partial charge in [-0.1, -0.05) is 79.7 Å². The van der Waals surface area contributed by atoms with Gasteiger partial charge in [0.15, 0.2) is 0 Å². The Morgan fingerprint density at radius 1 is 0.840 bits per heavy atom. The van der Waals surface area contributed by atoms with Crippen LogP contribution in [0.1, 0.15) is 24.5 Å². The van der Waals surface area contributed by atoms with Gasteiger partial charge in [-0.15, -0.1) is 0 Å². The monoisotopic (exact) mass is 338 g/mol. The van der Waals surface area contributed by atoms with Crippen LogP contribution < -0.4 is 0 Å². The third-order valence-corrected chi connectivity index (χ3v) is 4.61. The van der Waals surface area contributed by atoms with Gasteiger partial charge in [-0.25, -0.2) is 0 Å². The van der Waals surface area contributed by atoms with Crippen molar-refractivity contribution >= 4 is 0 Å². The topological polar surface area (TPSA) is 38.7 Å². The zero-order chi connectivity index (χ0) is 17.5. The molecule has 0 saturated carbocycles. The molecule has 0 radical (unpaired) electrons. The fourth-order valence-corrected chi connectivity index (χ4v) is 3.18. The molecule has 4 atom stereocenters. The first-order valence-electron chi connectivity index (χ1n) is 8.90. The minimum Gasteiger partial charge on any atom is -0.390 e. The predicted molar refractivity (Wildman–Crippen MR) is 99.0 cm³/mol. The normalized spacial score (nSPS) is 26.3. The molecule has 3 heteroatoms. The minimum atomic E-state index is -0.564. The number of aliphatic hydroxyl groups excluding tert-OH is 1. The SMILES string of the molecule is C[C@H]1C=CC[C@@H](O)[C@H](OCc2ccccc2)[C@H]1OCc1ccccc1. The van der Waals surface area contributed by atoms with Gasteiger partial charge in [-0.2, -0.15) is 0 Å². The maximum Gasteiger partial charge on any atom is 0.111 e. The van der Waals surface area contributed by atoms with Gasteiger partial charge in [0, 0.05) is 5.92 Å². The second kappa shape index (κ2) is 8.95. The highest BCUT2D eigenvalue weighted by molar-refractivity contribution is 5.15. The summed E-state index contributed by atoms with van der Waals surface area (Å²) >= 11 is 0. The quantitative estimate of drug-likeness (QED) is 0.806. The molecule has 0 aliphatic heterocycles. The van der Waals surface area contributed by atoms with E-state index in [9.17, 15) is 5.11 Å². The summed E-state index contributed by atoms with van der Waals surface area (Å²) in [4.78, 5) is 0. The highest BCUT2D eigenvalue weighted by Crippen LogP contribution is 2.26. The largest absolute Gasteiger partial charge is 0.390 e. The Hall–Kier alpha value is -1.94. The highest BCUT2D eigenvalue weighted by atomic mass is 16.5. The zero-order valence-corrected chi connectivity index (χ0v) is 14.6. The number of ether oxygens (including phenoxy) is 2. The summed E-state index contributed by atoms with van der Waals surface area (Å²) in [6, 6.07) is 20.2. The van der Waals surface area contributed by atoms with E-state index in [0.717, 1.165) is 11.1 Å². The first-order valence-corrected chi connectivity index (χ1v) is 8.90. The molecule has 0 heterocycles. The number of hydrogen-bond acceptors (Lipinski definition) is 3. The lowest BCUT2D eigenvalue weighted by Gasteiger charge is -2.32. The van der Waals surface area contributed by atoms with Crippen molar-refractivity contribution in [3.63, 3.8) is 0 Å². The first kappa shape index (κ1) is 17.9. The van der Waals surface area contributed by atoms with Gasteiger partial charge in [0.25, 0.3) is 0 Å². The van der Waals surface area contributed by atoms with Crippen LogP contribution in [0, 0.1) is 5.92 Å². The van der Waals surface area contributed by atoms with Gasteiger partial charge < -0.3 is 14.6 Å². The van der Waals surface area contributed by atoms with Crippen molar-refractivity contribution in [2.45, 2.75) is 44.9 Å². The van der Waals surface area contributed by atoms with Crippen LogP contribution in [-0.2, 0) is 22.7 Å². The fraction of sp³-hybridized carbons (Fsp3) is 0.364. The van der Waals surface area contributed by atoms with Gasteiger partial charge >= 0.3 is 0 Å². The molecule has 25 heavy (non-hydrogen) atoms. The van der Waals surface area contributed by atoms with Crippen LogP contribution in [-0.4, -0.2) is 23.4 Å². The summed E-state index contributed by atoms with van der Waals surface area (Å²) in [6.45, 7) is 3.10. The van der Waals surface area contributed by atoms with E-state index in [1.807, 2.05) is 66.7 Å². The van der Waals surface area contributed by atoms with E-state index in [1.54, 1.807) is 0 Å². The molecule has 3 nitrogen and oxygen atoms in total. The van der Waals surface area contributed by atoms with Crippen LogP contribution in [0.25, 0.3) is 0 Å². The molecule has 2 aromatic carbocycles. The van der Waals surface area contributed by atoms with E-state index >= 15 is 0 Å². The summed E-state index contributed by atoms with van der Waals surface area (Å²) in [5, 5.41) is 10.6. The van der Waals surface area contributed by atoms with Crippen LogP contribution in [0.3, 0.4) is 0 Å². The van der Waals surface area contributed by atoms with E-state index in [-0.39, 0.29) is 18.1 Å². The van der Waals surface area contributed by atoms with Crippen molar-refractivity contribution in [1.82, 2.24) is 0 Å². The van der Waals surface area contributed by atoms with Gasteiger partial charge in [0.1, 0.15) is 6.10 Å². The van der Waals surface area contributed by atoms with Crippen molar-refractivity contribution < 1.29 is 14.6 Å². The third kappa shape index (κ3) is 5.02.